The molecule has 102 valence electrons. The topological polar surface area (TPSA) is 29.3 Å². The summed E-state index contributed by atoms with van der Waals surface area (Å²) in [5, 5.41) is 0. The molecule has 18 heavy (non-hydrogen) atoms. The first-order valence-electron chi connectivity index (χ1n) is 6.04. The Labute approximate surface area is 106 Å². The summed E-state index contributed by atoms with van der Waals surface area (Å²) in [6, 6.07) is 9.73. The second-order valence-electron chi connectivity index (χ2n) is 4.23. The third kappa shape index (κ3) is 6.61. The van der Waals surface area contributed by atoms with Crippen LogP contribution in [0.15, 0.2) is 30.3 Å². The van der Waals surface area contributed by atoms with E-state index in [-0.39, 0.29) is 6.54 Å². The maximum absolute atomic E-state index is 12.2. The number of hydrogen-bond acceptors (Lipinski definition) is 2. The van der Waals surface area contributed by atoms with Crippen molar-refractivity contribution in [3.05, 3.63) is 35.9 Å². The standard InChI is InChI=1S/C13H19F3N2/c14-13(15,16)7-10-18(11-8-17)9-6-12-4-2-1-3-5-12/h1-5H,6-11,17H2. The number of nitrogens with two attached hydrogens (primary N) is 1. The average molecular weight is 260 g/mol. The van der Waals surface area contributed by atoms with Gasteiger partial charge in [0.2, 0.25) is 0 Å². The van der Waals surface area contributed by atoms with Gasteiger partial charge in [0.05, 0.1) is 6.42 Å². The minimum Gasteiger partial charge on any atom is -0.329 e. The zero-order valence-corrected chi connectivity index (χ0v) is 10.3. The van der Waals surface area contributed by atoms with Crippen molar-refractivity contribution in [1.82, 2.24) is 4.90 Å². The summed E-state index contributed by atoms with van der Waals surface area (Å²) in [5.74, 6) is 0. The molecule has 0 radical (unpaired) electrons. The highest BCUT2D eigenvalue weighted by atomic mass is 19.4. The third-order valence-electron chi connectivity index (χ3n) is 2.72. The molecule has 0 aliphatic rings. The first-order valence-corrected chi connectivity index (χ1v) is 6.04. The molecule has 0 unspecified atom stereocenters. The Hall–Kier alpha value is -1.07. The van der Waals surface area contributed by atoms with Crippen LogP contribution in [0, 0.1) is 0 Å². The van der Waals surface area contributed by atoms with Gasteiger partial charge in [0.1, 0.15) is 0 Å². The SMILES string of the molecule is NCCN(CCc1ccccc1)CCC(F)(F)F. The first kappa shape index (κ1) is 15.0. The number of alkyl halides is 3. The normalized spacial score (nSPS) is 12.1. The maximum Gasteiger partial charge on any atom is 0.390 e. The molecule has 2 nitrogen and oxygen atoms in total. The molecule has 0 spiro atoms. The summed E-state index contributed by atoms with van der Waals surface area (Å²) < 4.78 is 36.5. The van der Waals surface area contributed by atoms with Crippen LogP contribution in [0.1, 0.15) is 12.0 Å². The number of hydrogen-bond donors (Lipinski definition) is 1. The van der Waals surface area contributed by atoms with E-state index in [1.54, 1.807) is 4.90 Å². The van der Waals surface area contributed by atoms with E-state index in [0.29, 0.717) is 19.6 Å². The van der Waals surface area contributed by atoms with Crippen molar-refractivity contribution >= 4 is 0 Å². The minimum atomic E-state index is -4.10. The quantitative estimate of drug-likeness (QED) is 0.816. The maximum atomic E-state index is 12.2. The summed E-state index contributed by atoms with van der Waals surface area (Å²) in [6.45, 7) is 1.51. The highest BCUT2D eigenvalue weighted by molar-refractivity contribution is 5.14. The second-order valence-corrected chi connectivity index (χ2v) is 4.23. The molecule has 0 saturated heterocycles. The summed E-state index contributed by atoms with van der Waals surface area (Å²) in [7, 11) is 0. The molecular weight excluding hydrogens is 241 g/mol. The van der Waals surface area contributed by atoms with E-state index in [9.17, 15) is 13.2 Å². The third-order valence-corrected chi connectivity index (χ3v) is 2.72. The van der Waals surface area contributed by atoms with E-state index in [2.05, 4.69) is 0 Å². The molecule has 1 aromatic rings. The van der Waals surface area contributed by atoms with E-state index in [1.165, 1.54) is 0 Å². The van der Waals surface area contributed by atoms with E-state index in [1.807, 2.05) is 30.3 Å². The van der Waals surface area contributed by atoms with Crippen LogP contribution in [-0.4, -0.2) is 37.3 Å². The van der Waals surface area contributed by atoms with Crippen LogP contribution in [0.4, 0.5) is 13.2 Å². The largest absolute Gasteiger partial charge is 0.390 e. The molecule has 1 rings (SSSR count). The molecule has 1 aromatic carbocycles. The van der Waals surface area contributed by atoms with Gasteiger partial charge < -0.3 is 10.6 Å². The number of halogens is 3. The lowest BCUT2D eigenvalue weighted by atomic mass is 10.1. The molecule has 0 aliphatic carbocycles. The van der Waals surface area contributed by atoms with Gasteiger partial charge in [-0.2, -0.15) is 13.2 Å². The number of rotatable bonds is 7. The van der Waals surface area contributed by atoms with Crippen LogP contribution in [0.25, 0.3) is 0 Å². The van der Waals surface area contributed by atoms with Gasteiger partial charge in [-0.05, 0) is 12.0 Å². The molecule has 0 fully saturated rings. The van der Waals surface area contributed by atoms with Gasteiger partial charge >= 0.3 is 6.18 Å². The Morgan fingerprint density at radius 3 is 2.22 bits per heavy atom. The van der Waals surface area contributed by atoms with Crippen LogP contribution < -0.4 is 5.73 Å². The fourth-order valence-corrected chi connectivity index (χ4v) is 1.73. The van der Waals surface area contributed by atoms with E-state index < -0.39 is 12.6 Å². The van der Waals surface area contributed by atoms with Crippen molar-refractivity contribution in [3.63, 3.8) is 0 Å². The van der Waals surface area contributed by atoms with E-state index >= 15 is 0 Å². The molecule has 0 atom stereocenters. The smallest absolute Gasteiger partial charge is 0.329 e. The van der Waals surface area contributed by atoms with Crippen LogP contribution in [0.5, 0.6) is 0 Å². The minimum absolute atomic E-state index is 0.0214. The lowest BCUT2D eigenvalue weighted by molar-refractivity contribution is -0.137. The molecule has 0 bridgehead atoms. The van der Waals surface area contributed by atoms with Crippen LogP contribution in [0.3, 0.4) is 0 Å². The highest BCUT2D eigenvalue weighted by Crippen LogP contribution is 2.19. The van der Waals surface area contributed by atoms with Gasteiger partial charge in [0, 0.05) is 26.2 Å². The fraction of sp³-hybridized carbons (Fsp3) is 0.538. The van der Waals surface area contributed by atoms with Gasteiger partial charge in [-0.15, -0.1) is 0 Å². The average Bonchev–Trinajstić information content (AvgIpc) is 2.33. The zero-order valence-electron chi connectivity index (χ0n) is 10.3. The molecule has 0 amide bonds. The second kappa shape index (κ2) is 7.38. The van der Waals surface area contributed by atoms with Crippen LogP contribution >= 0.6 is 0 Å². The van der Waals surface area contributed by atoms with Gasteiger partial charge in [-0.1, -0.05) is 30.3 Å². The molecule has 0 aliphatic heterocycles. The van der Waals surface area contributed by atoms with Crippen molar-refractivity contribution in [3.8, 4) is 0 Å². The lowest BCUT2D eigenvalue weighted by Crippen LogP contribution is -2.34. The molecular formula is C13H19F3N2. The fourth-order valence-electron chi connectivity index (χ4n) is 1.73. The lowest BCUT2D eigenvalue weighted by Gasteiger charge is -2.22. The molecule has 0 aromatic heterocycles. The van der Waals surface area contributed by atoms with Crippen LogP contribution in [0.2, 0.25) is 0 Å². The predicted octanol–water partition coefficient (Wildman–Crippen LogP) is 2.44. The molecule has 5 heteroatoms. The Bertz CT molecular complexity index is 325. The molecule has 2 N–H and O–H groups in total. The van der Waals surface area contributed by atoms with E-state index in [4.69, 9.17) is 5.73 Å². The molecule has 0 heterocycles. The van der Waals surface area contributed by atoms with Crippen LogP contribution in [-0.2, 0) is 6.42 Å². The van der Waals surface area contributed by atoms with Crippen molar-refractivity contribution in [2.24, 2.45) is 5.73 Å². The Morgan fingerprint density at radius 1 is 1.00 bits per heavy atom. The zero-order chi connectivity index (χ0) is 13.4. The summed E-state index contributed by atoms with van der Waals surface area (Å²) in [4.78, 5) is 1.76. The van der Waals surface area contributed by atoms with Crippen molar-refractivity contribution in [2.75, 3.05) is 26.2 Å². The Kier molecular flexibility index (Phi) is 6.15. The Balaban J connectivity index is 2.38. The van der Waals surface area contributed by atoms with Crippen molar-refractivity contribution in [2.45, 2.75) is 19.0 Å². The predicted molar refractivity (Wildman–Crippen MR) is 66.3 cm³/mol. The first-order chi connectivity index (χ1) is 8.51. The van der Waals surface area contributed by atoms with E-state index in [0.717, 1.165) is 12.0 Å². The number of nitrogens with zero attached hydrogens (tertiary/aromatic N) is 1. The van der Waals surface area contributed by atoms with Crippen molar-refractivity contribution < 1.29 is 13.2 Å². The molecule has 0 saturated carbocycles. The number of benzene rings is 1. The summed E-state index contributed by atoms with van der Waals surface area (Å²) >= 11 is 0. The van der Waals surface area contributed by atoms with Crippen molar-refractivity contribution in [1.29, 1.82) is 0 Å². The Morgan fingerprint density at radius 2 is 1.67 bits per heavy atom. The highest BCUT2D eigenvalue weighted by Gasteiger charge is 2.27. The monoisotopic (exact) mass is 260 g/mol. The summed E-state index contributed by atoms with van der Waals surface area (Å²) in [5.41, 5.74) is 6.55. The van der Waals surface area contributed by atoms with Gasteiger partial charge in [0.15, 0.2) is 0 Å². The summed E-state index contributed by atoms with van der Waals surface area (Å²) in [6.07, 6.45) is -4.12. The van der Waals surface area contributed by atoms with Gasteiger partial charge in [-0.25, -0.2) is 0 Å². The van der Waals surface area contributed by atoms with Gasteiger partial charge in [0.25, 0.3) is 0 Å². The van der Waals surface area contributed by atoms with Gasteiger partial charge in [-0.3, -0.25) is 0 Å².